The zero-order chi connectivity index (χ0) is 18.2. The van der Waals surface area contributed by atoms with Crippen molar-refractivity contribution in [1.82, 2.24) is 15.1 Å². The number of hydrogen-bond donors (Lipinski definition) is 1. The van der Waals surface area contributed by atoms with Crippen LogP contribution >= 0.6 is 0 Å². The van der Waals surface area contributed by atoms with Crippen LogP contribution in [-0.2, 0) is 6.42 Å². The summed E-state index contributed by atoms with van der Waals surface area (Å²) < 4.78 is 7.39. The molecular weight excluding hydrogens is 326 g/mol. The van der Waals surface area contributed by atoms with E-state index in [1.807, 2.05) is 41.2 Å². The number of amides is 1. The first-order chi connectivity index (χ1) is 12.8. The van der Waals surface area contributed by atoms with Gasteiger partial charge in [-0.2, -0.15) is 5.10 Å². The maximum atomic E-state index is 12.3. The minimum absolute atomic E-state index is 0.0832. The third-order valence-electron chi connectivity index (χ3n) is 3.97. The SMILES string of the molecule is CCCOc1cccc(C(=O)NCCc2ccc(-n3cccn3)cc2)c1. The van der Waals surface area contributed by atoms with Crippen molar-refractivity contribution in [3.05, 3.63) is 78.1 Å². The van der Waals surface area contributed by atoms with Crippen LogP contribution in [0.4, 0.5) is 0 Å². The van der Waals surface area contributed by atoms with Crippen molar-refractivity contribution in [2.45, 2.75) is 19.8 Å². The molecule has 0 aliphatic carbocycles. The van der Waals surface area contributed by atoms with Gasteiger partial charge in [-0.15, -0.1) is 0 Å². The van der Waals surface area contributed by atoms with Crippen LogP contribution in [0.25, 0.3) is 5.69 Å². The number of nitrogens with zero attached hydrogens (tertiary/aromatic N) is 2. The lowest BCUT2D eigenvalue weighted by Gasteiger charge is -2.09. The van der Waals surface area contributed by atoms with E-state index in [2.05, 4.69) is 29.5 Å². The largest absolute Gasteiger partial charge is 0.494 e. The summed E-state index contributed by atoms with van der Waals surface area (Å²) in [6.07, 6.45) is 5.38. The molecule has 1 amide bonds. The lowest BCUT2D eigenvalue weighted by molar-refractivity contribution is 0.0953. The molecule has 3 aromatic rings. The van der Waals surface area contributed by atoms with Gasteiger partial charge in [-0.05, 0) is 54.8 Å². The van der Waals surface area contributed by atoms with Crippen LogP contribution in [0.3, 0.4) is 0 Å². The molecule has 0 aliphatic rings. The molecule has 0 saturated heterocycles. The van der Waals surface area contributed by atoms with Gasteiger partial charge in [-0.25, -0.2) is 4.68 Å². The molecule has 0 spiro atoms. The summed E-state index contributed by atoms with van der Waals surface area (Å²) in [6.45, 7) is 3.29. The van der Waals surface area contributed by atoms with Gasteiger partial charge in [-0.3, -0.25) is 4.79 Å². The third-order valence-corrected chi connectivity index (χ3v) is 3.97. The Balaban J connectivity index is 1.50. The number of nitrogens with one attached hydrogen (secondary N) is 1. The quantitative estimate of drug-likeness (QED) is 0.675. The van der Waals surface area contributed by atoms with Gasteiger partial charge in [0.1, 0.15) is 5.75 Å². The molecule has 5 heteroatoms. The summed E-state index contributed by atoms with van der Waals surface area (Å²) >= 11 is 0. The van der Waals surface area contributed by atoms with E-state index in [1.54, 1.807) is 18.3 Å². The predicted molar refractivity (Wildman–Crippen MR) is 102 cm³/mol. The highest BCUT2D eigenvalue weighted by molar-refractivity contribution is 5.94. The highest BCUT2D eigenvalue weighted by Gasteiger charge is 2.06. The average molecular weight is 349 g/mol. The van der Waals surface area contributed by atoms with Crippen LogP contribution in [-0.4, -0.2) is 28.8 Å². The highest BCUT2D eigenvalue weighted by Crippen LogP contribution is 2.14. The van der Waals surface area contributed by atoms with Gasteiger partial charge in [-0.1, -0.05) is 25.1 Å². The lowest BCUT2D eigenvalue weighted by Crippen LogP contribution is -2.25. The van der Waals surface area contributed by atoms with Crippen molar-refractivity contribution in [3.8, 4) is 11.4 Å². The maximum absolute atomic E-state index is 12.3. The Hall–Kier alpha value is -3.08. The van der Waals surface area contributed by atoms with E-state index in [1.165, 1.54) is 5.56 Å². The molecule has 2 aromatic carbocycles. The molecule has 0 unspecified atom stereocenters. The van der Waals surface area contributed by atoms with Gasteiger partial charge >= 0.3 is 0 Å². The minimum atomic E-state index is -0.0832. The molecule has 0 saturated carbocycles. The second kappa shape index (κ2) is 8.85. The summed E-state index contributed by atoms with van der Waals surface area (Å²) in [6, 6.07) is 17.4. The molecule has 0 fully saturated rings. The Morgan fingerprint density at radius 3 is 2.73 bits per heavy atom. The fourth-order valence-electron chi connectivity index (χ4n) is 2.61. The molecule has 0 bridgehead atoms. The lowest BCUT2D eigenvalue weighted by atomic mass is 10.1. The Kier molecular flexibility index (Phi) is 6.04. The van der Waals surface area contributed by atoms with E-state index in [9.17, 15) is 4.79 Å². The van der Waals surface area contributed by atoms with Gasteiger partial charge in [0.2, 0.25) is 0 Å². The molecule has 0 aliphatic heterocycles. The fraction of sp³-hybridized carbons (Fsp3) is 0.238. The Labute approximate surface area is 153 Å². The Bertz CT molecular complexity index is 827. The van der Waals surface area contributed by atoms with Crippen LogP contribution in [0.2, 0.25) is 0 Å². The van der Waals surface area contributed by atoms with E-state index in [4.69, 9.17) is 4.74 Å². The van der Waals surface area contributed by atoms with Crippen LogP contribution in [0.15, 0.2) is 67.0 Å². The highest BCUT2D eigenvalue weighted by atomic mass is 16.5. The number of ether oxygens (including phenoxy) is 1. The molecule has 1 N–H and O–H groups in total. The van der Waals surface area contributed by atoms with Crippen molar-refractivity contribution in [2.24, 2.45) is 0 Å². The van der Waals surface area contributed by atoms with Crippen LogP contribution in [0.5, 0.6) is 5.75 Å². The van der Waals surface area contributed by atoms with E-state index in [-0.39, 0.29) is 5.91 Å². The molecule has 0 radical (unpaired) electrons. The number of rotatable bonds is 8. The smallest absolute Gasteiger partial charge is 0.251 e. The van der Waals surface area contributed by atoms with Gasteiger partial charge in [0.25, 0.3) is 5.91 Å². The molecule has 1 aromatic heterocycles. The van der Waals surface area contributed by atoms with Crippen molar-refractivity contribution in [3.63, 3.8) is 0 Å². The first kappa shape index (κ1) is 17.7. The summed E-state index contributed by atoms with van der Waals surface area (Å²) in [4.78, 5) is 12.3. The zero-order valence-electron chi connectivity index (χ0n) is 14.9. The molecular formula is C21H23N3O2. The minimum Gasteiger partial charge on any atom is -0.494 e. The number of carbonyl (C=O) groups excluding carboxylic acids is 1. The fourth-order valence-corrected chi connectivity index (χ4v) is 2.61. The summed E-state index contributed by atoms with van der Waals surface area (Å²) in [5.74, 6) is 0.647. The molecule has 3 rings (SSSR count). The van der Waals surface area contributed by atoms with Crippen molar-refractivity contribution in [1.29, 1.82) is 0 Å². The monoisotopic (exact) mass is 349 g/mol. The van der Waals surface area contributed by atoms with Gasteiger partial charge in [0.15, 0.2) is 0 Å². The topological polar surface area (TPSA) is 56.1 Å². The van der Waals surface area contributed by atoms with E-state index >= 15 is 0 Å². The van der Waals surface area contributed by atoms with Gasteiger partial charge < -0.3 is 10.1 Å². The van der Waals surface area contributed by atoms with E-state index in [0.29, 0.717) is 18.7 Å². The first-order valence-electron chi connectivity index (χ1n) is 8.86. The maximum Gasteiger partial charge on any atom is 0.251 e. The van der Waals surface area contributed by atoms with Crippen LogP contribution in [0.1, 0.15) is 29.3 Å². The van der Waals surface area contributed by atoms with Gasteiger partial charge in [0.05, 0.1) is 12.3 Å². The molecule has 5 nitrogen and oxygen atoms in total. The zero-order valence-corrected chi connectivity index (χ0v) is 14.9. The molecule has 1 heterocycles. The summed E-state index contributed by atoms with van der Waals surface area (Å²) in [7, 11) is 0. The number of benzene rings is 2. The molecule has 0 atom stereocenters. The van der Waals surface area contributed by atoms with E-state index < -0.39 is 0 Å². The number of aromatic nitrogens is 2. The Morgan fingerprint density at radius 2 is 2.00 bits per heavy atom. The predicted octanol–water partition coefficient (Wildman–Crippen LogP) is 3.63. The third kappa shape index (κ3) is 4.72. The van der Waals surface area contributed by atoms with Crippen molar-refractivity contribution in [2.75, 3.05) is 13.2 Å². The first-order valence-corrected chi connectivity index (χ1v) is 8.86. The normalized spacial score (nSPS) is 10.5. The second-order valence-corrected chi connectivity index (χ2v) is 6.00. The summed E-state index contributed by atoms with van der Waals surface area (Å²) in [5, 5.41) is 7.17. The average Bonchev–Trinajstić information content (AvgIpc) is 3.22. The Morgan fingerprint density at radius 1 is 1.15 bits per heavy atom. The van der Waals surface area contributed by atoms with Gasteiger partial charge in [0, 0.05) is 24.5 Å². The summed E-state index contributed by atoms with van der Waals surface area (Å²) in [5.41, 5.74) is 2.81. The van der Waals surface area contributed by atoms with Crippen LogP contribution < -0.4 is 10.1 Å². The van der Waals surface area contributed by atoms with Crippen LogP contribution in [0, 0.1) is 0 Å². The standard InChI is InChI=1S/C21H23N3O2/c1-2-15-26-20-6-3-5-18(16-20)21(25)22-13-11-17-7-9-19(10-8-17)24-14-4-12-23-24/h3-10,12,14,16H,2,11,13,15H2,1H3,(H,22,25). The van der Waals surface area contributed by atoms with Crippen molar-refractivity contribution >= 4 is 5.91 Å². The van der Waals surface area contributed by atoms with Crippen molar-refractivity contribution < 1.29 is 9.53 Å². The second-order valence-electron chi connectivity index (χ2n) is 6.00. The number of hydrogen-bond acceptors (Lipinski definition) is 3. The molecule has 26 heavy (non-hydrogen) atoms. The van der Waals surface area contributed by atoms with E-state index in [0.717, 1.165) is 24.3 Å². The molecule has 134 valence electrons. The number of carbonyl (C=O) groups is 1.